The Kier molecular flexibility index (Phi) is 6.74. The monoisotopic (exact) mass is 486 g/mol. The van der Waals surface area contributed by atoms with E-state index in [4.69, 9.17) is 4.74 Å². The van der Waals surface area contributed by atoms with Gasteiger partial charge >= 0.3 is 0 Å². The molecule has 178 valence electrons. The van der Waals surface area contributed by atoms with Gasteiger partial charge in [-0.2, -0.15) is 0 Å². The summed E-state index contributed by atoms with van der Waals surface area (Å²) >= 11 is 1.52. The molecule has 1 aliphatic rings. The molecule has 2 aromatic carbocycles. The molecule has 3 heterocycles. The van der Waals surface area contributed by atoms with Crippen molar-refractivity contribution in [2.75, 3.05) is 23.8 Å². The first-order valence-electron chi connectivity index (χ1n) is 11.6. The Morgan fingerprint density at radius 3 is 2.74 bits per heavy atom. The lowest BCUT2D eigenvalue weighted by atomic mass is 10.1. The van der Waals surface area contributed by atoms with Crippen molar-refractivity contribution in [1.82, 2.24) is 10.3 Å². The van der Waals surface area contributed by atoms with Crippen molar-refractivity contribution in [2.45, 2.75) is 25.9 Å². The minimum Gasteiger partial charge on any atom is -0.376 e. The molecule has 0 spiro atoms. The van der Waals surface area contributed by atoms with Gasteiger partial charge in [0.05, 0.1) is 22.9 Å². The number of aromatic nitrogens is 1. The number of benzene rings is 2. The van der Waals surface area contributed by atoms with Crippen molar-refractivity contribution in [2.24, 2.45) is 0 Å². The molecular formula is C27H26N4O3S. The van der Waals surface area contributed by atoms with Crippen LogP contribution < -0.4 is 16.0 Å². The lowest BCUT2D eigenvalue weighted by Crippen LogP contribution is -2.32. The molecule has 0 saturated carbocycles. The molecule has 1 atom stereocenters. The number of nitrogens with zero attached hydrogens (tertiary/aromatic N) is 1. The first-order valence-corrected chi connectivity index (χ1v) is 12.5. The minimum absolute atomic E-state index is 0.0416. The van der Waals surface area contributed by atoms with Crippen LogP contribution >= 0.6 is 11.3 Å². The van der Waals surface area contributed by atoms with Crippen molar-refractivity contribution in [3.8, 4) is 0 Å². The molecule has 0 bridgehead atoms. The molecule has 4 aromatic rings. The molecule has 8 heteroatoms. The summed E-state index contributed by atoms with van der Waals surface area (Å²) in [5, 5.41) is 11.9. The van der Waals surface area contributed by atoms with Crippen LogP contribution in [-0.2, 0) is 4.74 Å². The quantitative estimate of drug-likeness (QED) is 0.320. The van der Waals surface area contributed by atoms with Crippen LogP contribution in [0.2, 0.25) is 0 Å². The third-order valence-corrected chi connectivity index (χ3v) is 7.00. The van der Waals surface area contributed by atoms with Gasteiger partial charge in [-0.15, -0.1) is 11.3 Å². The number of amides is 2. The van der Waals surface area contributed by atoms with E-state index >= 15 is 0 Å². The molecule has 2 aromatic heterocycles. The van der Waals surface area contributed by atoms with Crippen LogP contribution in [-0.4, -0.2) is 36.1 Å². The van der Waals surface area contributed by atoms with Crippen LogP contribution in [0, 0.1) is 6.92 Å². The Bertz CT molecular complexity index is 1380. The fraction of sp³-hybridized carbons (Fsp3) is 0.222. The number of thiophene rings is 1. The van der Waals surface area contributed by atoms with Crippen molar-refractivity contribution in [3.05, 3.63) is 82.9 Å². The van der Waals surface area contributed by atoms with E-state index in [0.29, 0.717) is 29.2 Å². The zero-order chi connectivity index (χ0) is 24.2. The molecule has 1 fully saturated rings. The average molecular weight is 487 g/mol. The Labute approximate surface area is 207 Å². The fourth-order valence-corrected chi connectivity index (χ4v) is 5.02. The van der Waals surface area contributed by atoms with E-state index in [1.165, 1.54) is 17.5 Å². The van der Waals surface area contributed by atoms with Crippen molar-refractivity contribution in [1.29, 1.82) is 0 Å². The van der Waals surface area contributed by atoms with Gasteiger partial charge in [0.25, 0.3) is 11.8 Å². The van der Waals surface area contributed by atoms with Gasteiger partial charge in [-0.25, -0.2) is 4.98 Å². The van der Waals surface area contributed by atoms with Crippen molar-refractivity contribution < 1.29 is 14.3 Å². The summed E-state index contributed by atoms with van der Waals surface area (Å²) in [5.74, 6) is -0.0521. The second kappa shape index (κ2) is 10.2. The lowest BCUT2D eigenvalue weighted by molar-refractivity contribution is 0.0857. The second-order valence-electron chi connectivity index (χ2n) is 8.50. The van der Waals surface area contributed by atoms with E-state index in [1.807, 2.05) is 60.8 Å². The van der Waals surface area contributed by atoms with E-state index in [0.717, 1.165) is 40.8 Å². The number of hydrogen-bond donors (Lipinski definition) is 3. The first kappa shape index (κ1) is 23.0. The number of ether oxygens (including phenoxy) is 1. The van der Waals surface area contributed by atoms with Gasteiger partial charge < -0.3 is 20.7 Å². The van der Waals surface area contributed by atoms with Gasteiger partial charge in [0.2, 0.25) is 0 Å². The fourth-order valence-electron chi connectivity index (χ4n) is 4.08. The first-order chi connectivity index (χ1) is 17.1. The number of carbonyl (C=O) groups is 2. The van der Waals surface area contributed by atoms with Crippen LogP contribution in [0.4, 0.5) is 17.2 Å². The summed E-state index contributed by atoms with van der Waals surface area (Å²) in [6.45, 7) is 3.17. The molecule has 35 heavy (non-hydrogen) atoms. The zero-order valence-corrected chi connectivity index (χ0v) is 20.2. The molecule has 1 saturated heterocycles. The second-order valence-corrected chi connectivity index (χ2v) is 9.42. The number of nitrogens with one attached hydrogen (secondary N) is 3. The molecular weight excluding hydrogens is 460 g/mol. The highest BCUT2D eigenvalue weighted by molar-refractivity contribution is 7.17. The molecule has 3 N–H and O–H groups in total. The van der Waals surface area contributed by atoms with Gasteiger partial charge in [-0.05, 0) is 43.5 Å². The number of carbonyl (C=O) groups excluding carboxylic acids is 2. The number of aryl methyl sites for hydroxylation is 1. The molecule has 2 amide bonds. The van der Waals surface area contributed by atoms with Crippen LogP contribution in [0.3, 0.4) is 0 Å². The van der Waals surface area contributed by atoms with Crippen LogP contribution in [0.1, 0.15) is 39.1 Å². The summed E-state index contributed by atoms with van der Waals surface area (Å²) < 4.78 is 6.63. The Balaban J connectivity index is 1.43. The topological polar surface area (TPSA) is 92.3 Å². The zero-order valence-electron chi connectivity index (χ0n) is 19.3. The van der Waals surface area contributed by atoms with Crippen LogP contribution in [0.5, 0.6) is 0 Å². The Morgan fingerprint density at radius 1 is 1.09 bits per heavy atom. The molecule has 5 rings (SSSR count). The Hall–Kier alpha value is -3.75. The van der Waals surface area contributed by atoms with Gasteiger partial charge in [-0.1, -0.05) is 36.4 Å². The van der Waals surface area contributed by atoms with E-state index in [1.54, 1.807) is 6.07 Å². The predicted molar refractivity (Wildman–Crippen MR) is 140 cm³/mol. The summed E-state index contributed by atoms with van der Waals surface area (Å²) in [4.78, 5) is 30.6. The third kappa shape index (κ3) is 5.18. The van der Waals surface area contributed by atoms with Crippen molar-refractivity contribution >= 4 is 50.4 Å². The van der Waals surface area contributed by atoms with Gasteiger partial charge in [-0.3, -0.25) is 9.59 Å². The van der Waals surface area contributed by atoms with Crippen molar-refractivity contribution in [3.63, 3.8) is 0 Å². The third-order valence-electron chi connectivity index (χ3n) is 6.04. The van der Waals surface area contributed by atoms with E-state index < -0.39 is 0 Å². The van der Waals surface area contributed by atoms with Gasteiger partial charge in [0.1, 0.15) is 0 Å². The molecule has 0 aliphatic carbocycles. The van der Waals surface area contributed by atoms with E-state index in [-0.39, 0.29) is 17.9 Å². The summed E-state index contributed by atoms with van der Waals surface area (Å²) in [7, 11) is 0. The summed E-state index contributed by atoms with van der Waals surface area (Å²) in [6, 6.07) is 17.3. The maximum atomic E-state index is 13.3. The molecule has 0 radical (unpaired) electrons. The van der Waals surface area contributed by atoms with E-state index in [2.05, 4.69) is 20.9 Å². The van der Waals surface area contributed by atoms with Gasteiger partial charge in [0, 0.05) is 40.5 Å². The minimum atomic E-state index is -0.257. The molecule has 7 nitrogen and oxygen atoms in total. The highest BCUT2D eigenvalue weighted by atomic mass is 32.1. The Morgan fingerprint density at radius 2 is 1.91 bits per heavy atom. The average Bonchev–Trinajstić information content (AvgIpc) is 3.55. The van der Waals surface area contributed by atoms with Crippen LogP contribution in [0.25, 0.3) is 10.1 Å². The number of anilines is 3. The normalized spacial score (nSPS) is 15.2. The standard InChI is InChI=1S/C27H26N4O3S/c1-17-7-2-4-10-22(17)30-25-23(31-27(33)21-16-35-24-11-5-3-9-20(21)24)13-18(14-28-25)26(32)29-15-19-8-6-12-34-19/h2-5,7,9-11,13-14,16,19H,6,8,12,15H2,1H3,(H,28,30)(H,29,32)(H,31,33). The number of pyridine rings is 1. The summed E-state index contributed by atoms with van der Waals surface area (Å²) in [6.07, 6.45) is 3.50. The predicted octanol–water partition coefficient (Wildman–Crippen LogP) is 5.51. The smallest absolute Gasteiger partial charge is 0.257 e. The number of hydrogen-bond acceptors (Lipinski definition) is 6. The highest BCUT2D eigenvalue weighted by Gasteiger charge is 2.19. The molecule has 1 aliphatic heterocycles. The number of fused-ring (bicyclic) bond motifs is 1. The largest absolute Gasteiger partial charge is 0.376 e. The van der Waals surface area contributed by atoms with E-state index in [9.17, 15) is 9.59 Å². The summed E-state index contributed by atoms with van der Waals surface area (Å²) in [5.41, 5.74) is 3.28. The lowest BCUT2D eigenvalue weighted by Gasteiger charge is -2.16. The van der Waals surface area contributed by atoms with Crippen LogP contribution in [0.15, 0.2) is 66.2 Å². The SMILES string of the molecule is Cc1ccccc1Nc1ncc(C(=O)NCC2CCCO2)cc1NC(=O)c1csc2ccccc12. The molecule has 1 unspecified atom stereocenters. The number of para-hydroxylation sites is 1. The maximum Gasteiger partial charge on any atom is 0.257 e. The number of rotatable bonds is 7. The maximum absolute atomic E-state index is 13.3. The van der Waals surface area contributed by atoms with Gasteiger partial charge in [0.15, 0.2) is 5.82 Å². The highest BCUT2D eigenvalue weighted by Crippen LogP contribution is 2.29.